The number of hydrogen-bond donors (Lipinski definition) is 1. The maximum Gasteiger partial charge on any atom is 0.246 e. The highest BCUT2D eigenvalue weighted by atomic mass is 32.1. The maximum atomic E-state index is 12.5. The molecule has 2 aliphatic rings. The van der Waals surface area contributed by atoms with Crippen LogP contribution in [0.1, 0.15) is 18.4 Å². The number of rotatable bonds is 3. The molecule has 150 valence electrons. The third-order valence-corrected chi connectivity index (χ3v) is 6.10. The summed E-state index contributed by atoms with van der Waals surface area (Å²) in [6, 6.07) is 4.20. The van der Waals surface area contributed by atoms with Crippen molar-refractivity contribution in [2.75, 3.05) is 41.9 Å². The van der Waals surface area contributed by atoms with Gasteiger partial charge in [0, 0.05) is 32.0 Å². The topological polar surface area (TPSA) is 96.4 Å². The molecule has 4 heterocycles. The lowest BCUT2D eigenvalue weighted by Crippen LogP contribution is -2.50. The first-order valence-corrected chi connectivity index (χ1v) is 10.3. The van der Waals surface area contributed by atoms with E-state index in [0.717, 1.165) is 46.6 Å². The first kappa shape index (κ1) is 18.2. The average molecular weight is 411 g/mol. The van der Waals surface area contributed by atoms with Gasteiger partial charge in [0.05, 0.1) is 24.5 Å². The average Bonchev–Trinajstić information content (AvgIpc) is 3.18. The van der Waals surface area contributed by atoms with E-state index in [4.69, 9.17) is 9.72 Å². The zero-order valence-corrected chi connectivity index (χ0v) is 17.1. The van der Waals surface area contributed by atoms with Crippen molar-refractivity contribution in [3.63, 3.8) is 0 Å². The first-order chi connectivity index (χ1) is 14.1. The summed E-state index contributed by atoms with van der Waals surface area (Å²) in [5.74, 6) is 1.32. The Hall–Kier alpha value is -2.85. The van der Waals surface area contributed by atoms with E-state index in [9.17, 15) is 4.79 Å². The lowest BCUT2D eigenvalue weighted by molar-refractivity contribution is -0.117. The second kappa shape index (κ2) is 7.20. The van der Waals surface area contributed by atoms with Gasteiger partial charge in [-0.2, -0.15) is 13.7 Å². The molecule has 29 heavy (non-hydrogen) atoms. The van der Waals surface area contributed by atoms with Gasteiger partial charge in [-0.1, -0.05) is 0 Å². The smallest absolute Gasteiger partial charge is 0.246 e. The summed E-state index contributed by atoms with van der Waals surface area (Å²) in [5, 5.41) is 3.31. The van der Waals surface area contributed by atoms with Crippen molar-refractivity contribution in [1.29, 1.82) is 0 Å². The van der Waals surface area contributed by atoms with E-state index in [1.54, 1.807) is 18.1 Å². The number of nitrogens with zero attached hydrogens (tertiary/aromatic N) is 6. The normalized spacial score (nSPS) is 17.7. The molecule has 2 aromatic heterocycles. The van der Waals surface area contributed by atoms with Crippen LogP contribution in [-0.2, 0) is 9.53 Å². The van der Waals surface area contributed by atoms with E-state index < -0.39 is 0 Å². The van der Waals surface area contributed by atoms with Gasteiger partial charge < -0.3 is 19.9 Å². The van der Waals surface area contributed by atoms with Crippen LogP contribution in [0, 0.1) is 6.92 Å². The standard InChI is InChI=1S/C19H21N7O2S/c1-11-7-14-15(24-29-23-14)8-13(11)21-19-20-9-16-18(22-19)26(10-17(27)25(16)2)12-3-5-28-6-4-12/h7-9,12H,3-6,10H2,1-2H3,(H,20,21,22). The van der Waals surface area contributed by atoms with E-state index in [-0.39, 0.29) is 11.9 Å². The number of carbonyl (C=O) groups is 1. The van der Waals surface area contributed by atoms with Crippen LogP contribution in [0.2, 0.25) is 0 Å². The Morgan fingerprint density at radius 2 is 1.97 bits per heavy atom. The molecule has 0 bridgehead atoms. The molecule has 0 radical (unpaired) electrons. The minimum Gasteiger partial charge on any atom is -0.381 e. The van der Waals surface area contributed by atoms with Crippen LogP contribution in [-0.4, -0.2) is 57.5 Å². The summed E-state index contributed by atoms with van der Waals surface area (Å²) < 4.78 is 14.1. The lowest BCUT2D eigenvalue weighted by atomic mass is 10.1. The number of hydrogen-bond acceptors (Lipinski definition) is 9. The van der Waals surface area contributed by atoms with E-state index in [2.05, 4.69) is 23.9 Å². The van der Waals surface area contributed by atoms with Gasteiger partial charge in [-0.15, -0.1) is 0 Å². The van der Waals surface area contributed by atoms with Crippen LogP contribution in [0.25, 0.3) is 11.0 Å². The van der Waals surface area contributed by atoms with E-state index in [0.29, 0.717) is 25.7 Å². The minimum absolute atomic E-state index is 0.0469. The lowest BCUT2D eigenvalue weighted by Gasteiger charge is -2.40. The van der Waals surface area contributed by atoms with E-state index in [1.165, 1.54) is 11.7 Å². The molecule has 2 aliphatic heterocycles. The summed E-state index contributed by atoms with van der Waals surface area (Å²) >= 11 is 1.20. The molecule has 1 N–H and O–H groups in total. The van der Waals surface area contributed by atoms with Gasteiger partial charge in [-0.05, 0) is 37.5 Å². The monoisotopic (exact) mass is 411 g/mol. The number of likely N-dealkylation sites (N-methyl/N-ethyl adjacent to an activating group) is 1. The highest BCUT2D eigenvalue weighted by molar-refractivity contribution is 7.00. The second-order valence-electron chi connectivity index (χ2n) is 7.37. The van der Waals surface area contributed by atoms with Crippen LogP contribution < -0.4 is 15.1 Å². The largest absolute Gasteiger partial charge is 0.381 e. The van der Waals surface area contributed by atoms with Crippen molar-refractivity contribution in [3.05, 3.63) is 23.9 Å². The van der Waals surface area contributed by atoms with Crippen molar-refractivity contribution >= 4 is 51.8 Å². The molecule has 0 unspecified atom stereocenters. The summed E-state index contributed by atoms with van der Waals surface area (Å²) in [4.78, 5) is 25.5. The molecule has 0 aliphatic carbocycles. The fourth-order valence-electron chi connectivity index (χ4n) is 3.83. The first-order valence-electron chi connectivity index (χ1n) is 9.58. The van der Waals surface area contributed by atoms with Gasteiger partial charge in [-0.25, -0.2) is 4.98 Å². The van der Waals surface area contributed by atoms with Crippen molar-refractivity contribution in [3.8, 4) is 0 Å². The Bertz CT molecular complexity index is 1080. The van der Waals surface area contributed by atoms with Gasteiger partial charge in [0.25, 0.3) is 0 Å². The van der Waals surface area contributed by atoms with Crippen LogP contribution >= 0.6 is 11.7 Å². The van der Waals surface area contributed by atoms with E-state index >= 15 is 0 Å². The minimum atomic E-state index is 0.0469. The Labute approximate surface area is 172 Å². The molecule has 1 saturated heterocycles. The quantitative estimate of drug-likeness (QED) is 0.702. The Morgan fingerprint density at radius 3 is 2.76 bits per heavy atom. The highest BCUT2D eigenvalue weighted by Crippen LogP contribution is 2.35. The molecular formula is C19H21N7O2S. The summed E-state index contributed by atoms with van der Waals surface area (Å²) in [5.41, 5.74) is 4.39. The fourth-order valence-corrected chi connectivity index (χ4v) is 4.33. The number of aromatic nitrogens is 4. The zero-order valence-electron chi connectivity index (χ0n) is 16.3. The molecule has 9 nitrogen and oxygen atoms in total. The number of fused-ring (bicyclic) bond motifs is 2. The molecular weight excluding hydrogens is 390 g/mol. The van der Waals surface area contributed by atoms with Crippen molar-refractivity contribution < 1.29 is 9.53 Å². The van der Waals surface area contributed by atoms with Gasteiger partial charge in [0.2, 0.25) is 11.9 Å². The van der Waals surface area contributed by atoms with Crippen LogP contribution in [0.15, 0.2) is 18.3 Å². The third-order valence-electron chi connectivity index (χ3n) is 5.54. The molecule has 0 spiro atoms. The summed E-state index contributed by atoms with van der Waals surface area (Å²) in [7, 11) is 1.77. The molecule has 3 aromatic rings. The van der Waals surface area contributed by atoms with Crippen molar-refractivity contribution in [1.82, 2.24) is 18.7 Å². The maximum absolute atomic E-state index is 12.5. The second-order valence-corrected chi connectivity index (χ2v) is 7.90. The van der Waals surface area contributed by atoms with Crippen LogP contribution in [0.3, 0.4) is 0 Å². The van der Waals surface area contributed by atoms with Crippen molar-refractivity contribution in [2.45, 2.75) is 25.8 Å². The molecule has 1 aromatic carbocycles. The number of ether oxygens (including phenoxy) is 1. The SMILES string of the molecule is Cc1cc2nsnc2cc1Nc1ncc2c(n1)N(C1CCOCC1)CC(=O)N2C. The summed E-state index contributed by atoms with van der Waals surface area (Å²) in [6.45, 7) is 3.75. The number of carbonyl (C=O) groups excluding carboxylic acids is 1. The number of amides is 1. The summed E-state index contributed by atoms with van der Waals surface area (Å²) in [6.07, 6.45) is 3.48. The van der Waals surface area contributed by atoms with E-state index in [1.807, 2.05) is 19.1 Å². The molecule has 1 fully saturated rings. The van der Waals surface area contributed by atoms with Crippen LogP contribution in [0.4, 0.5) is 23.1 Å². The Morgan fingerprint density at radius 1 is 1.21 bits per heavy atom. The highest BCUT2D eigenvalue weighted by Gasteiger charge is 2.34. The van der Waals surface area contributed by atoms with Crippen molar-refractivity contribution in [2.24, 2.45) is 0 Å². The molecule has 1 amide bonds. The zero-order chi connectivity index (χ0) is 20.0. The molecule has 10 heteroatoms. The van der Waals surface area contributed by atoms with Gasteiger partial charge in [0.15, 0.2) is 5.82 Å². The number of benzene rings is 1. The predicted octanol–water partition coefficient (Wildman–Crippen LogP) is 2.50. The third kappa shape index (κ3) is 3.28. The van der Waals surface area contributed by atoms with Gasteiger partial charge >= 0.3 is 0 Å². The fraction of sp³-hybridized carbons (Fsp3) is 0.421. The number of nitrogens with one attached hydrogen (secondary N) is 1. The molecule has 5 rings (SSSR count). The molecule has 0 atom stereocenters. The van der Waals surface area contributed by atoms with Gasteiger partial charge in [-0.3, -0.25) is 4.79 Å². The van der Waals surface area contributed by atoms with Gasteiger partial charge in [0.1, 0.15) is 16.7 Å². The number of aryl methyl sites for hydroxylation is 1. The molecule has 0 saturated carbocycles. The Balaban J connectivity index is 1.50. The number of anilines is 4. The Kier molecular flexibility index (Phi) is 4.51. The predicted molar refractivity (Wildman–Crippen MR) is 112 cm³/mol. The van der Waals surface area contributed by atoms with Crippen LogP contribution in [0.5, 0.6) is 0 Å².